The van der Waals surface area contributed by atoms with E-state index in [0.717, 1.165) is 16.5 Å². The number of amides is 1. The second kappa shape index (κ2) is 7.23. The summed E-state index contributed by atoms with van der Waals surface area (Å²) in [5.41, 5.74) is 6.11. The Morgan fingerprint density at radius 2 is 2.24 bits per heavy atom. The van der Waals surface area contributed by atoms with Crippen LogP contribution in [0.3, 0.4) is 0 Å². The molecule has 0 saturated heterocycles. The van der Waals surface area contributed by atoms with Crippen LogP contribution >= 0.6 is 22.9 Å². The number of hydrogen-bond donors (Lipinski definition) is 2. The van der Waals surface area contributed by atoms with E-state index in [1.54, 1.807) is 0 Å². The van der Waals surface area contributed by atoms with Crippen LogP contribution < -0.4 is 11.1 Å². The monoisotopic (exact) mass is 322 g/mol. The van der Waals surface area contributed by atoms with E-state index >= 15 is 0 Å². The van der Waals surface area contributed by atoms with Crippen molar-refractivity contribution in [2.45, 2.75) is 6.54 Å². The van der Waals surface area contributed by atoms with Crippen molar-refractivity contribution in [3.05, 3.63) is 56.5 Å². The first-order valence-corrected chi connectivity index (χ1v) is 7.36. The molecular formula is C15H12ClFN2OS. The van der Waals surface area contributed by atoms with E-state index in [-0.39, 0.29) is 23.7 Å². The molecule has 1 aromatic heterocycles. The summed E-state index contributed by atoms with van der Waals surface area (Å²) in [5.74, 6) is 4.56. The predicted molar refractivity (Wildman–Crippen MR) is 82.8 cm³/mol. The molecule has 2 aromatic rings. The Morgan fingerprint density at radius 1 is 1.43 bits per heavy atom. The molecule has 0 radical (unpaired) electrons. The Morgan fingerprint density at radius 3 is 2.95 bits per heavy atom. The van der Waals surface area contributed by atoms with Crippen molar-refractivity contribution in [1.29, 1.82) is 0 Å². The van der Waals surface area contributed by atoms with E-state index in [4.69, 9.17) is 17.3 Å². The van der Waals surface area contributed by atoms with Crippen LogP contribution in [0.15, 0.2) is 29.6 Å². The number of halogens is 2. The molecule has 0 fully saturated rings. The first-order valence-electron chi connectivity index (χ1n) is 6.10. The van der Waals surface area contributed by atoms with Crippen LogP contribution in [0.5, 0.6) is 0 Å². The van der Waals surface area contributed by atoms with Crippen LogP contribution in [0.25, 0.3) is 0 Å². The number of carbonyl (C=O) groups is 1. The highest BCUT2D eigenvalue weighted by molar-refractivity contribution is 7.10. The van der Waals surface area contributed by atoms with Crippen LogP contribution in [0, 0.1) is 17.7 Å². The quantitative estimate of drug-likeness (QED) is 0.854. The third kappa shape index (κ3) is 4.05. The lowest BCUT2D eigenvalue weighted by molar-refractivity contribution is 0.0947. The van der Waals surface area contributed by atoms with Crippen molar-refractivity contribution in [2.75, 3.05) is 6.54 Å². The first kappa shape index (κ1) is 15.5. The molecule has 1 amide bonds. The van der Waals surface area contributed by atoms with Gasteiger partial charge in [0, 0.05) is 15.5 Å². The Balaban J connectivity index is 2.06. The van der Waals surface area contributed by atoms with Gasteiger partial charge in [0.15, 0.2) is 0 Å². The summed E-state index contributed by atoms with van der Waals surface area (Å²) >= 11 is 7.12. The molecular weight excluding hydrogens is 311 g/mol. The zero-order chi connectivity index (χ0) is 15.2. The van der Waals surface area contributed by atoms with E-state index in [0.29, 0.717) is 0 Å². The highest BCUT2D eigenvalue weighted by Crippen LogP contribution is 2.17. The van der Waals surface area contributed by atoms with Gasteiger partial charge in [0.2, 0.25) is 0 Å². The minimum Gasteiger partial charge on any atom is -0.347 e. The minimum atomic E-state index is -0.644. The first-order chi connectivity index (χ1) is 10.1. The SMILES string of the molecule is NCC#Cc1ccsc1CNC(=O)c1ccc(Cl)cc1F. The van der Waals surface area contributed by atoms with Gasteiger partial charge in [-0.3, -0.25) is 4.79 Å². The maximum absolute atomic E-state index is 13.6. The number of benzene rings is 1. The smallest absolute Gasteiger partial charge is 0.254 e. The van der Waals surface area contributed by atoms with Crippen LogP contribution in [0.1, 0.15) is 20.8 Å². The van der Waals surface area contributed by atoms with Gasteiger partial charge in [-0.25, -0.2) is 4.39 Å². The van der Waals surface area contributed by atoms with Crippen molar-refractivity contribution in [3.8, 4) is 11.8 Å². The molecule has 0 atom stereocenters. The number of hydrogen-bond acceptors (Lipinski definition) is 3. The van der Waals surface area contributed by atoms with Gasteiger partial charge < -0.3 is 11.1 Å². The van der Waals surface area contributed by atoms with Crippen molar-refractivity contribution in [2.24, 2.45) is 5.73 Å². The average molecular weight is 323 g/mol. The molecule has 3 N–H and O–H groups in total. The van der Waals surface area contributed by atoms with Crippen molar-refractivity contribution in [1.82, 2.24) is 5.32 Å². The van der Waals surface area contributed by atoms with E-state index in [9.17, 15) is 9.18 Å². The topological polar surface area (TPSA) is 55.1 Å². The maximum atomic E-state index is 13.6. The molecule has 1 heterocycles. The fourth-order valence-corrected chi connectivity index (χ4v) is 2.59. The van der Waals surface area contributed by atoms with Crippen LogP contribution in [-0.4, -0.2) is 12.5 Å². The van der Waals surface area contributed by atoms with Gasteiger partial charge in [-0.1, -0.05) is 23.4 Å². The molecule has 0 aliphatic rings. The van der Waals surface area contributed by atoms with Gasteiger partial charge in [-0.15, -0.1) is 11.3 Å². The molecule has 0 bridgehead atoms. The molecule has 0 aliphatic carbocycles. The Kier molecular flexibility index (Phi) is 5.34. The molecule has 3 nitrogen and oxygen atoms in total. The average Bonchev–Trinajstić information content (AvgIpc) is 2.90. The zero-order valence-corrected chi connectivity index (χ0v) is 12.5. The van der Waals surface area contributed by atoms with Gasteiger partial charge in [0.25, 0.3) is 5.91 Å². The number of thiophene rings is 1. The number of carbonyl (C=O) groups excluding carboxylic acids is 1. The van der Waals surface area contributed by atoms with Gasteiger partial charge in [-0.05, 0) is 29.6 Å². The largest absolute Gasteiger partial charge is 0.347 e. The van der Waals surface area contributed by atoms with Crippen LogP contribution in [0.4, 0.5) is 4.39 Å². The maximum Gasteiger partial charge on any atom is 0.254 e. The van der Waals surface area contributed by atoms with E-state index < -0.39 is 11.7 Å². The molecule has 2 rings (SSSR count). The van der Waals surface area contributed by atoms with Crippen molar-refractivity contribution in [3.63, 3.8) is 0 Å². The molecule has 0 spiro atoms. The van der Waals surface area contributed by atoms with Crippen molar-refractivity contribution < 1.29 is 9.18 Å². The number of nitrogens with two attached hydrogens (primary N) is 1. The van der Waals surface area contributed by atoms with Crippen molar-refractivity contribution >= 4 is 28.8 Å². The molecule has 0 saturated carbocycles. The zero-order valence-electron chi connectivity index (χ0n) is 11.0. The molecule has 21 heavy (non-hydrogen) atoms. The van der Waals surface area contributed by atoms with E-state index in [1.807, 2.05) is 11.4 Å². The molecule has 108 valence electrons. The fourth-order valence-electron chi connectivity index (χ4n) is 1.66. The lowest BCUT2D eigenvalue weighted by Crippen LogP contribution is -2.23. The van der Waals surface area contributed by atoms with Gasteiger partial charge in [0.05, 0.1) is 18.7 Å². The molecule has 0 aliphatic heterocycles. The standard InChI is InChI=1S/C15H12ClFN2OS/c16-11-3-4-12(13(17)8-11)15(20)19-9-14-10(2-1-6-18)5-7-21-14/h3-5,7-8H,6,9,18H2,(H,19,20). The second-order valence-corrected chi connectivity index (χ2v) is 5.51. The van der Waals surface area contributed by atoms with Gasteiger partial charge in [-0.2, -0.15) is 0 Å². The summed E-state index contributed by atoms with van der Waals surface area (Å²) < 4.78 is 13.6. The van der Waals surface area contributed by atoms with E-state index in [1.165, 1.54) is 23.5 Å². The predicted octanol–water partition coefficient (Wildman–Crippen LogP) is 2.78. The summed E-state index contributed by atoms with van der Waals surface area (Å²) in [5, 5.41) is 4.80. The van der Waals surface area contributed by atoms with Crippen LogP contribution in [0.2, 0.25) is 5.02 Å². The lowest BCUT2D eigenvalue weighted by Gasteiger charge is -2.05. The normalized spacial score (nSPS) is 9.86. The Labute approximate surface area is 130 Å². The summed E-state index contributed by atoms with van der Waals surface area (Å²) in [6, 6.07) is 5.80. The summed E-state index contributed by atoms with van der Waals surface area (Å²) in [7, 11) is 0. The Hall–Kier alpha value is -1.87. The van der Waals surface area contributed by atoms with Gasteiger partial charge in [0.1, 0.15) is 5.82 Å². The van der Waals surface area contributed by atoms with Gasteiger partial charge >= 0.3 is 0 Å². The number of rotatable bonds is 3. The molecule has 6 heteroatoms. The Bertz CT molecular complexity index is 718. The summed E-state index contributed by atoms with van der Waals surface area (Å²) in [6.45, 7) is 0.560. The summed E-state index contributed by atoms with van der Waals surface area (Å²) in [6.07, 6.45) is 0. The van der Waals surface area contributed by atoms with Crippen LogP contribution in [-0.2, 0) is 6.54 Å². The molecule has 1 aromatic carbocycles. The number of nitrogens with one attached hydrogen (secondary N) is 1. The fraction of sp³-hybridized carbons (Fsp3) is 0.133. The highest BCUT2D eigenvalue weighted by Gasteiger charge is 2.12. The third-order valence-corrected chi connectivity index (χ3v) is 3.81. The lowest BCUT2D eigenvalue weighted by atomic mass is 10.2. The summed E-state index contributed by atoms with van der Waals surface area (Å²) in [4.78, 5) is 12.9. The molecule has 0 unspecified atom stereocenters. The van der Waals surface area contributed by atoms with E-state index in [2.05, 4.69) is 17.2 Å². The highest BCUT2D eigenvalue weighted by atomic mass is 35.5. The third-order valence-electron chi connectivity index (χ3n) is 2.66. The minimum absolute atomic E-state index is 0.0365. The second-order valence-electron chi connectivity index (χ2n) is 4.07.